The first-order valence-electron chi connectivity index (χ1n) is 20.4. The lowest BCUT2D eigenvalue weighted by Crippen LogP contribution is -2.17. The SMILES string of the molecule is [N-]=[N+]=NCCOc1ccc(C(=O)Oc2ccc(CSP(=O)(O)OC[C@@H]3CC[C@H](n4cnc5c(NC/C=C/CNc6ncnc7c6ncn7[C@@H]6O[C@H](CO)C[C@H]6F)ncnc54)O3)cc2)cc1. The number of azide groups is 1. The van der Waals surface area contributed by atoms with Gasteiger partial charge in [0.25, 0.3) is 0 Å². The van der Waals surface area contributed by atoms with Crippen molar-refractivity contribution < 1.29 is 47.2 Å². The molecule has 0 amide bonds. The molecule has 25 heteroatoms. The number of fused-ring (bicyclic) bond motifs is 2. The maximum atomic E-state index is 14.6. The maximum Gasteiger partial charge on any atom is 0.386 e. The van der Waals surface area contributed by atoms with Gasteiger partial charge >= 0.3 is 12.8 Å². The molecule has 1 unspecified atom stereocenters. The number of anilines is 2. The minimum Gasteiger partial charge on any atom is -0.493 e. The molecule has 6 heterocycles. The van der Waals surface area contributed by atoms with Crippen molar-refractivity contribution in [3.05, 3.63) is 108 Å². The number of carbonyl (C=O) groups is 1. The average molecular weight is 932 g/mol. The molecule has 340 valence electrons. The highest BCUT2D eigenvalue weighted by atomic mass is 32.7. The van der Waals surface area contributed by atoms with Crippen LogP contribution in [0.5, 0.6) is 11.5 Å². The van der Waals surface area contributed by atoms with Crippen LogP contribution in [0.1, 0.15) is 47.6 Å². The quantitative estimate of drug-likeness (QED) is 0.00900. The molecular weight excluding hydrogens is 889 g/mol. The molecule has 6 atom stereocenters. The van der Waals surface area contributed by atoms with Crippen molar-refractivity contribution in [1.29, 1.82) is 0 Å². The second-order valence-electron chi connectivity index (χ2n) is 14.6. The van der Waals surface area contributed by atoms with Gasteiger partial charge in [-0.05, 0) is 71.7 Å². The van der Waals surface area contributed by atoms with Gasteiger partial charge in [0.15, 0.2) is 40.2 Å². The van der Waals surface area contributed by atoms with E-state index in [1.807, 2.05) is 12.2 Å². The number of esters is 1. The summed E-state index contributed by atoms with van der Waals surface area (Å²) in [5.41, 5.74) is 11.4. The summed E-state index contributed by atoms with van der Waals surface area (Å²) in [6, 6.07) is 12.9. The van der Waals surface area contributed by atoms with Crippen LogP contribution < -0.4 is 20.1 Å². The molecule has 0 radical (unpaired) electrons. The van der Waals surface area contributed by atoms with E-state index in [-0.39, 0.29) is 38.5 Å². The van der Waals surface area contributed by atoms with Crippen LogP contribution in [-0.2, 0) is 24.3 Å². The van der Waals surface area contributed by atoms with Gasteiger partial charge in [-0.2, -0.15) is 0 Å². The minimum atomic E-state index is -4.05. The zero-order valence-corrected chi connectivity index (χ0v) is 36.2. The van der Waals surface area contributed by atoms with Gasteiger partial charge in [0.1, 0.15) is 36.6 Å². The van der Waals surface area contributed by atoms with Crippen molar-refractivity contribution in [3.63, 3.8) is 0 Å². The van der Waals surface area contributed by atoms with Gasteiger partial charge in [0.2, 0.25) is 0 Å². The smallest absolute Gasteiger partial charge is 0.386 e. The number of nitrogens with zero attached hydrogens (tertiary/aromatic N) is 11. The van der Waals surface area contributed by atoms with Gasteiger partial charge < -0.3 is 39.6 Å². The summed E-state index contributed by atoms with van der Waals surface area (Å²) in [6.07, 6.45) is 7.32. The molecule has 2 saturated heterocycles. The van der Waals surface area contributed by atoms with Crippen LogP contribution in [0.3, 0.4) is 0 Å². The summed E-state index contributed by atoms with van der Waals surface area (Å²) in [6.45, 7) is -3.16. The van der Waals surface area contributed by atoms with Crippen molar-refractivity contribution in [2.45, 2.75) is 55.9 Å². The van der Waals surface area contributed by atoms with Crippen LogP contribution in [-0.4, -0.2) is 113 Å². The topological polar surface area (TPSA) is 281 Å². The Morgan fingerprint density at radius 2 is 1.58 bits per heavy atom. The predicted molar refractivity (Wildman–Crippen MR) is 235 cm³/mol. The van der Waals surface area contributed by atoms with E-state index in [0.29, 0.717) is 77.0 Å². The van der Waals surface area contributed by atoms with E-state index in [1.165, 1.54) is 23.5 Å². The lowest BCUT2D eigenvalue weighted by molar-refractivity contribution is -0.0351. The second-order valence-corrected chi connectivity index (χ2v) is 18.5. The molecule has 2 aliphatic heterocycles. The Kier molecular flexibility index (Phi) is 14.8. The van der Waals surface area contributed by atoms with E-state index in [4.69, 9.17) is 29.0 Å². The molecule has 4 N–H and O–H groups in total. The number of nitrogens with one attached hydrogen (secondary N) is 2. The Balaban J connectivity index is 0.758. The van der Waals surface area contributed by atoms with Crippen molar-refractivity contribution in [2.75, 3.05) is 50.1 Å². The average Bonchev–Trinajstić information content (AvgIpc) is 4.14. The van der Waals surface area contributed by atoms with Crippen LogP contribution in [0.2, 0.25) is 0 Å². The van der Waals surface area contributed by atoms with Crippen molar-refractivity contribution >= 4 is 58.1 Å². The zero-order valence-electron chi connectivity index (χ0n) is 34.4. The van der Waals surface area contributed by atoms with E-state index in [2.05, 4.69) is 50.6 Å². The molecule has 0 spiro atoms. The Bertz CT molecular complexity index is 2710. The molecule has 8 rings (SSSR count). The first kappa shape index (κ1) is 45.3. The number of aliphatic hydroxyl groups excluding tert-OH is 1. The Hall–Kier alpha value is -6.23. The standard InChI is InChI=1S/C40H43FN13O9PS/c41-31-17-30(18-55)62-39(31)54-24-50-34-36(46-22-48-38(34)54)44-14-2-1-13-43-35-33-37(47-21-45-35)53(23-49-33)32-12-11-29(61-32)19-60-64(57,58)65-20-25-3-7-28(8-4-25)63-40(56)26-5-9-27(10-6-26)59-16-15-51-52-42/h1-10,21-24,29-32,39,55H,11-20H2,(H,57,58)(H,43,45,47)(H,44,46,48)/b2-1+/t29-,30-,31+,32+,39+/m0/s1. The molecule has 0 bridgehead atoms. The van der Waals surface area contributed by atoms with Gasteiger partial charge in [0, 0.05) is 30.2 Å². The molecular formula is C40H43FN13O9PS. The van der Waals surface area contributed by atoms with E-state index >= 15 is 0 Å². The third-order valence-corrected chi connectivity index (χ3v) is 13.2. The highest BCUT2D eigenvalue weighted by Crippen LogP contribution is 2.57. The minimum absolute atomic E-state index is 0.0865. The number of hydrogen-bond acceptors (Lipinski definition) is 18. The van der Waals surface area contributed by atoms with Crippen LogP contribution in [0.15, 0.2) is 91.1 Å². The zero-order chi connectivity index (χ0) is 45.2. The molecule has 2 aliphatic rings. The van der Waals surface area contributed by atoms with Gasteiger partial charge in [-0.1, -0.05) is 29.4 Å². The van der Waals surface area contributed by atoms with Gasteiger partial charge in [-0.15, -0.1) is 0 Å². The van der Waals surface area contributed by atoms with Crippen LogP contribution >= 0.6 is 18.2 Å². The molecule has 2 aromatic carbocycles. The molecule has 4 aromatic heterocycles. The fourth-order valence-corrected chi connectivity index (χ4v) is 9.32. The van der Waals surface area contributed by atoms with Crippen molar-refractivity contribution in [1.82, 2.24) is 39.0 Å². The van der Waals surface area contributed by atoms with Gasteiger partial charge in [0.05, 0.1) is 56.8 Å². The van der Waals surface area contributed by atoms with Gasteiger partial charge in [-0.25, -0.2) is 43.7 Å². The Labute approximate surface area is 373 Å². The number of ether oxygens (including phenoxy) is 4. The summed E-state index contributed by atoms with van der Waals surface area (Å²) >= 11 is 0.773. The molecule has 22 nitrogen and oxygen atoms in total. The van der Waals surface area contributed by atoms with Crippen molar-refractivity contribution in [3.8, 4) is 11.5 Å². The lowest BCUT2D eigenvalue weighted by Gasteiger charge is -2.17. The van der Waals surface area contributed by atoms with Crippen LogP contribution in [0.25, 0.3) is 32.8 Å². The normalized spacial score (nSPS) is 20.5. The van der Waals surface area contributed by atoms with E-state index < -0.39 is 43.6 Å². The fraction of sp³-hybridized carbons (Fsp3) is 0.375. The predicted octanol–water partition coefficient (Wildman–Crippen LogP) is 6.30. The summed E-state index contributed by atoms with van der Waals surface area (Å²) in [4.78, 5) is 52.1. The summed E-state index contributed by atoms with van der Waals surface area (Å²) in [5, 5.41) is 19.2. The monoisotopic (exact) mass is 931 g/mol. The first-order chi connectivity index (χ1) is 31.7. The molecule has 2 fully saturated rings. The number of aliphatic hydroxyl groups is 1. The van der Waals surface area contributed by atoms with Crippen LogP contribution in [0, 0.1) is 0 Å². The molecule has 0 aliphatic carbocycles. The fourth-order valence-electron chi connectivity index (χ4n) is 7.04. The number of hydrogen-bond donors (Lipinski definition) is 4. The summed E-state index contributed by atoms with van der Waals surface area (Å²) < 4.78 is 59.1. The Morgan fingerprint density at radius 3 is 2.25 bits per heavy atom. The number of rotatable bonds is 21. The molecule has 0 saturated carbocycles. The third-order valence-electron chi connectivity index (χ3n) is 10.2. The number of carbonyl (C=O) groups excluding carboxylic acids is 1. The second kappa shape index (κ2) is 21.2. The number of alkyl halides is 1. The lowest BCUT2D eigenvalue weighted by atomic mass is 10.2. The molecule has 6 aromatic rings. The number of benzene rings is 2. The highest BCUT2D eigenvalue weighted by molar-refractivity contribution is 8.54. The third kappa shape index (κ3) is 11.4. The maximum absolute atomic E-state index is 14.6. The molecule has 65 heavy (non-hydrogen) atoms. The summed E-state index contributed by atoms with van der Waals surface area (Å²) in [5.74, 6) is 1.44. The highest BCUT2D eigenvalue weighted by Gasteiger charge is 2.37. The van der Waals surface area contributed by atoms with Gasteiger partial charge in [-0.3, -0.25) is 13.7 Å². The number of aromatic nitrogens is 8. The largest absolute Gasteiger partial charge is 0.493 e. The van der Waals surface area contributed by atoms with Crippen molar-refractivity contribution in [2.24, 2.45) is 5.11 Å². The number of imidazole rings is 2. The Morgan fingerprint density at radius 1 is 0.923 bits per heavy atom. The summed E-state index contributed by atoms with van der Waals surface area (Å²) in [7, 11) is 0. The number of halogens is 1. The first-order valence-corrected chi connectivity index (χ1v) is 23.5. The van der Waals surface area contributed by atoms with Crippen LogP contribution in [0.4, 0.5) is 16.0 Å². The van der Waals surface area contributed by atoms with E-state index in [1.54, 1.807) is 59.4 Å². The van der Waals surface area contributed by atoms with E-state index in [0.717, 1.165) is 16.9 Å². The van der Waals surface area contributed by atoms with E-state index in [9.17, 15) is 23.7 Å².